The summed E-state index contributed by atoms with van der Waals surface area (Å²) in [6.07, 6.45) is 3.52. The maximum atomic E-state index is 13.2. The van der Waals surface area contributed by atoms with Gasteiger partial charge in [-0.1, -0.05) is 0 Å². The summed E-state index contributed by atoms with van der Waals surface area (Å²) in [6, 6.07) is 4.10. The Bertz CT molecular complexity index is 842. The van der Waals surface area contributed by atoms with Crippen LogP contribution in [0, 0.1) is 0 Å². The van der Waals surface area contributed by atoms with Gasteiger partial charge in [-0.3, -0.25) is 9.89 Å². The first kappa shape index (κ1) is 18.8. The number of H-pyrrole nitrogens is 1. The van der Waals surface area contributed by atoms with Crippen LogP contribution in [0.5, 0.6) is 11.5 Å². The number of ether oxygens (including phenoxy) is 2. The largest absolute Gasteiger partial charge is 0.490 e. The van der Waals surface area contributed by atoms with E-state index in [1.54, 1.807) is 6.20 Å². The molecular weight excluding hydrogens is 356 g/mol. The number of rotatable bonds is 6. The van der Waals surface area contributed by atoms with Crippen molar-refractivity contribution >= 4 is 5.91 Å². The summed E-state index contributed by atoms with van der Waals surface area (Å²) in [4.78, 5) is 15.1. The van der Waals surface area contributed by atoms with Gasteiger partial charge in [-0.25, -0.2) is 0 Å². The number of hydrogen-bond donors (Lipinski definition) is 2. The van der Waals surface area contributed by atoms with E-state index in [2.05, 4.69) is 21.6 Å². The Morgan fingerprint density at radius 1 is 1.21 bits per heavy atom. The molecule has 1 aromatic carbocycles. The molecule has 0 radical (unpaired) electrons. The van der Waals surface area contributed by atoms with Gasteiger partial charge in [-0.05, 0) is 56.5 Å². The highest BCUT2D eigenvalue weighted by Gasteiger charge is 2.29. The summed E-state index contributed by atoms with van der Waals surface area (Å²) in [5, 5.41) is 10.6. The van der Waals surface area contributed by atoms with E-state index in [-0.39, 0.29) is 5.91 Å². The zero-order valence-electron chi connectivity index (χ0n) is 16.6. The lowest BCUT2D eigenvalue weighted by Crippen LogP contribution is -2.36. The van der Waals surface area contributed by atoms with Crippen LogP contribution in [-0.4, -0.2) is 53.9 Å². The number of aromatic nitrogens is 2. The van der Waals surface area contributed by atoms with Crippen LogP contribution in [-0.2, 0) is 13.0 Å². The van der Waals surface area contributed by atoms with Crippen molar-refractivity contribution in [1.29, 1.82) is 0 Å². The molecule has 150 valence electrons. The molecule has 2 aromatic rings. The number of carbonyl (C=O) groups excluding carboxylic acids is 1. The van der Waals surface area contributed by atoms with Crippen LogP contribution in [0.2, 0.25) is 0 Å². The van der Waals surface area contributed by atoms with Gasteiger partial charge < -0.3 is 19.7 Å². The summed E-state index contributed by atoms with van der Waals surface area (Å²) in [5.41, 5.74) is 4.01. The maximum absolute atomic E-state index is 13.2. The molecule has 3 heterocycles. The molecule has 2 aliphatic heterocycles. The third-order valence-corrected chi connectivity index (χ3v) is 5.53. The van der Waals surface area contributed by atoms with Crippen LogP contribution in [0.15, 0.2) is 18.3 Å². The molecule has 0 bridgehead atoms. The Balaban J connectivity index is 1.56. The van der Waals surface area contributed by atoms with E-state index in [0.29, 0.717) is 37.8 Å². The fraction of sp³-hybridized carbons (Fsp3) is 0.524. The van der Waals surface area contributed by atoms with Gasteiger partial charge >= 0.3 is 0 Å². The third kappa shape index (κ3) is 3.58. The van der Waals surface area contributed by atoms with Gasteiger partial charge in [0.2, 0.25) is 0 Å². The van der Waals surface area contributed by atoms with Crippen molar-refractivity contribution in [3.05, 3.63) is 40.7 Å². The molecule has 0 aliphatic carbocycles. The monoisotopic (exact) mass is 384 g/mol. The van der Waals surface area contributed by atoms with E-state index in [4.69, 9.17) is 9.47 Å². The Hall–Kier alpha value is -2.54. The highest BCUT2D eigenvalue weighted by molar-refractivity contribution is 5.95. The van der Waals surface area contributed by atoms with Crippen LogP contribution in [0.4, 0.5) is 0 Å². The first-order valence-electron chi connectivity index (χ1n) is 10.2. The minimum Gasteiger partial charge on any atom is -0.490 e. The van der Waals surface area contributed by atoms with Gasteiger partial charge in [-0.2, -0.15) is 5.10 Å². The summed E-state index contributed by atoms with van der Waals surface area (Å²) in [7, 11) is 0. The number of hydrogen-bond acceptors (Lipinski definition) is 5. The molecular formula is C21H28N4O3. The predicted octanol–water partition coefficient (Wildman–Crippen LogP) is 2.48. The summed E-state index contributed by atoms with van der Waals surface area (Å²) in [5.74, 6) is 1.91. The van der Waals surface area contributed by atoms with E-state index in [1.165, 1.54) is 5.56 Å². The molecule has 2 aliphatic rings. The SMILES string of the molecule is CCOc1cc2c(cc1OCC)CN(C(=O)c1cn[nH]c1C1CCNC1)CC2. The highest BCUT2D eigenvalue weighted by Crippen LogP contribution is 2.34. The average Bonchev–Trinajstić information content (AvgIpc) is 3.39. The maximum Gasteiger partial charge on any atom is 0.257 e. The normalized spacial score (nSPS) is 18.8. The van der Waals surface area contributed by atoms with Crippen LogP contribution < -0.4 is 14.8 Å². The van der Waals surface area contributed by atoms with Crippen molar-refractivity contribution in [3.8, 4) is 11.5 Å². The van der Waals surface area contributed by atoms with Gasteiger partial charge in [0, 0.05) is 25.6 Å². The molecule has 1 unspecified atom stereocenters. The lowest BCUT2D eigenvalue weighted by Gasteiger charge is -2.30. The van der Waals surface area contributed by atoms with Crippen molar-refractivity contribution in [2.45, 2.75) is 39.2 Å². The Kier molecular flexibility index (Phi) is 5.52. The van der Waals surface area contributed by atoms with Crippen LogP contribution in [0.3, 0.4) is 0 Å². The standard InChI is InChI=1S/C21H28N4O3/c1-3-27-18-9-14-6-8-25(13-16(14)10-19(18)28-4-2)21(26)17-12-23-24-20(17)15-5-7-22-11-15/h9-10,12,15,22H,3-8,11,13H2,1-2H3,(H,23,24). The Morgan fingerprint density at radius 3 is 2.64 bits per heavy atom. The molecule has 7 heteroatoms. The predicted molar refractivity (Wildman–Crippen MR) is 106 cm³/mol. The van der Waals surface area contributed by atoms with Gasteiger partial charge in [0.05, 0.1) is 30.7 Å². The number of nitrogens with zero attached hydrogens (tertiary/aromatic N) is 2. The minimum absolute atomic E-state index is 0.0492. The Morgan fingerprint density at radius 2 is 1.96 bits per heavy atom. The van der Waals surface area contributed by atoms with Crippen molar-refractivity contribution in [3.63, 3.8) is 0 Å². The van der Waals surface area contributed by atoms with E-state index in [1.807, 2.05) is 24.8 Å². The molecule has 1 aromatic heterocycles. The van der Waals surface area contributed by atoms with Crippen molar-refractivity contribution in [1.82, 2.24) is 20.4 Å². The minimum atomic E-state index is 0.0492. The third-order valence-electron chi connectivity index (χ3n) is 5.53. The molecule has 1 saturated heterocycles. The summed E-state index contributed by atoms with van der Waals surface area (Å²) in [6.45, 7) is 8.26. The molecule has 0 spiro atoms. The van der Waals surface area contributed by atoms with Gasteiger partial charge in [0.1, 0.15) is 0 Å². The number of aromatic amines is 1. The lowest BCUT2D eigenvalue weighted by molar-refractivity contribution is 0.0733. The highest BCUT2D eigenvalue weighted by atomic mass is 16.5. The molecule has 0 saturated carbocycles. The van der Waals surface area contributed by atoms with Gasteiger partial charge in [-0.15, -0.1) is 0 Å². The first-order valence-corrected chi connectivity index (χ1v) is 10.2. The molecule has 1 fully saturated rings. The van der Waals surface area contributed by atoms with Crippen LogP contribution in [0.1, 0.15) is 53.4 Å². The van der Waals surface area contributed by atoms with Crippen LogP contribution >= 0.6 is 0 Å². The zero-order valence-corrected chi connectivity index (χ0v) is 16.6. The second kappa shape index (κ2) is 8.22. The van der Waals surface area contributed by atoms with Crippen LogP contribution in [0.25, 0.3) is 0 Å². The van der Waals surface area contributed by atoms with E-state index in [9.17, 15) is 4.79 Å². The molecule has 4 rings (SSSR count). The number of benzene rings is 1. The summed E-state index contributed by atoms with van der Waals surface area (Å²) < 4.78 is 11.5. The van der Waals surface area contributed by atoms with Crippen molar-refractivity contribution < 1.29 is 14.3 Å². The quantitative estimate of drug-likeness (QED) is 0.800. The zero-order chi connectivity index (χ0) is 19.5. The average molecular weight is 384 g/mol. The van der Waals surface area contributed by atoms with E-state index >= 15 is 0 Å². The second-order valence-electron chi connectivity index (χ2n) is 7.30. The molecule has 1 amide bonds. The summed E-state index contributed by atoms with van der Waals surface area (Å²) >= 11 is 0. The smallest absolute Gasteiger partial charge is 0.257 e. The first-order chi connectivity index (χ1) is 13.7. The fourth-order valence-electron chi connectivity index (χ4n) is 4.12. The molecule has 1 atom stereocenters. The molecule has 7 nitrogen and oxygen atoms in total. The van der Waals surface area contributed by atoms with Crippen molar-refractivity contribution in [2.24, 2.45) is 0 Å². The molecule has 2 N–H and O–H groups in total. The van der Waals surface area contributed by atoms with Crippen molar-refractivity contribution in [2.75, 3.05) is 32.8 Å². The molecule has 28 heavy (non-hydrogen) atoms. The lowest BCUT2D eigenvalue weighted by atomic mass is 9.96. The van der Waals surface area contributed by atoms with E-state index < -0.39 is 0 Å². The van der Waals surface area contributed by atoms with E-state index in [0.717, 1.165) is 48.7 Å². The number of carbonyl (C=O) groups is 1. The number of amides is 1. The fourth-order valence-corrected chi connectivity index (χ4v) is 4.12. The van der Waals surface area contributed by atoms with Gasteiger partial charge in [0.25, 0.3) is 5.91 Å². The second-order valence-corrected chi connectivity index (χ2v) is 7.30. The topological polar surface area (TPSA) is 79.5 Å². The number of nitrogens with one attached hydrogen (secondary N) is 2. The Labute approximate surface area is 165 Å². The number of fused-ring (bicyclic) bond motifs is 1. The van der Waals surface area contributed by atoms with Gasteiger partial charge in [0.15, 0.2) is 11.5 Å².